The summed E-state index contributed by atoms with van der Waals surface area (Å²) in [5.41, 5.74) is 0.629. The van der Waals surface area contributed by atoms with E-state index in [0.717, 1.165) is 4.57 Å². The van der Waals surface area contributed by atoms with Crippen molar-refractivity contribution in [3.05, 3.63) is 70.8 Å². The Morgan fingerprint density at radius 2 is 1.81 bits per heavy atom. The molecule has 3 rings (SSSR count). The molecule has 0 radical (unpaired) electrons. The molecule has 2 aromatic carbocycles. The highest BCUT2D eigenvalue weighted by atomic mass is 16.5. The lowest BCUT2D eigenvalue weighted by atomic mass is 10.1. The fraction of sp³-hybridized carbons (Fsp3) is 0.200. The molecule has 3 aromatic rings. The number of esters is 1. The van der Waals surface area contributed by atoms with Crippen LogP contribution in [0.4, 0.5) is 0 Å². The molecule has 0 fully saturated rings. The van der Waals surface area contributed by atoms with Crippen molar-refractivity contribution in [3.8, 4) is 5.75 Å². The molecule has 0 spiro atoms. The van der Waals surface area contributed by atoms with E-state index >= 15 is 0 Å². The molecule has 0 atom stereocenters. The standard InChI is InChI=1S/C20H18N2O5/c1-2-26-15-9-7-14(8-10-15)18(23)12-27-19(24)11-22-13-21-17-6-4-3-5-16(17)20(22)25/h3-10,13H,2,11-12H2,1H3. The van der Waals surface area contributed by atoms with E-state index in [9.17, 15) is 14.4 Å². The fourth-order valence-electron chi connectivity index (χ4n) is 2.54. The Hall–Kier alpha value is -3.48. The average molecular weight is 366 g/mol. The molecule has 0 saturated heterocycles. The number of fused-ring (bicyclic) bond motifs is 1. The molecular weight excluding hydrogens is 348 g/mol. The number of para-hydroxylation sites is 1. The highest BCUT2D eigenvalue weighted by molar-refractivity contribution is 5.98. The first-order valence-corrected chi connectivity index (χ1v) is 8.44. The van der Waals surface area contributed by atoms with Crippen molar-refractivity contribution in [3.63, 3.8) is 0 Å². The number of rotatable bonds is 7. The van der Waals surface area contributed by atoms with Crippen LogP contribution in [0.15, 0.2) is 59.7 Å². The first kappa shape index (κ1) is 18.3. The van der Waals surface area contributed by atoms with Crippen molar-refractivity contribution in [1.29, 1.82) is 0 Å². The predicted octanol–water partition coefficient (Wildman–Crippen LogP) is 2.22. The summed E-state index contributed by atoms with van der Waals surface area (Å²) >= 11 is 0. The molecule has 7 heteroatoms. The van der Waals surface area contributed by atoms with Crippen molar-refractivity contribution in [2.75, 3.05) is 13.2 Å². The molecule has 0 unspecified atom stereocenters. The molecule has 7 nitrogen and oxygen atoms in total. The van der Waals surface area contributed by atoms with E-state index in [1.54, 1.807) is 48.5 Å². The molecule has 0 aliphatic rings. The van der Waals surface area contributed by atoms with Crippen LogP contribution >= 0.6 is 0 Å². The minimum absolute atomic E-state index is 0.312. The summed E-state index contributed by atoms with van der Waals surface area (Å²) in [6.07, 6.45) is 1.29. The van der Waals surface area contributed by atoms with Crippen LogP contribution in [0.3, 0.4) is 0 Å². The van der Waals surface area contributed by atoms with Crippen LogP contribution in [0.2, 0.25) is 0 Å². The minimum Gasteiger partial charge on any atom is -0.494 e. The third-order valence-electron chi connectivity index (χ3n) is 3.88. The molecular formula is C20H18N2O5. The smallest absolute Gasteiger partial charge is 0.326 e. The molecule has 27 heavy (non-hydrogen) atoms. The van der Waals surface area contributed by atoms with E-state index < -0.39 is 12.6 Å². The van der Waals surface area contributed by atoms with Crippen molar-refractivity contribution in [2.45, 2.75) is 13.5 Å². The minimum atomic E-state index is -0.687. The molecule has 0 bridgehead atoms. The summed E-state index contributed by atoms with van der Waals surface area (Å²) in [5, 5.41) is 0.415. The largest absolute Gasteiger partial charge is 0.494 e. The lowest BCUT2D eigenvalue weighted by Crippen LogP contribution is -2.26. The van der Waals surface area contributed by atoms with Crippen LogP contribution in [0.25, 0.3) is 10.9 Å². The quantitative estimate of drug-likeness (QED) is 0.471. The number of carbonyl (C=O) groups excluding carboxylic acids is 2. The monoisotopic (exact) mass is 366 g/mol. The molecule has 1 heterocycles. The SMILES string of the molecule is CCOc1ccc(C(=O)COC(=O)Cn2cnc3ccccc3c2=O)cc1. The average Bonchev–Trinajstić information content (AvgIpc) is 2.69. The van der Waals surface area contributed by atoms with Gasteiger partial charge in [0.1, 0.15) is 12.3 Å². The van der Waals surface area contributed by atoms with Crippen molar-refractivity contribution < 1.29 is 19.1 Å². The number of Topliss-reactive ketones (excluding diaryl/α,β-unsaturated/α-hetero) is 1. The maximum absolute atomic E-state index is 12.3. The Bertz CT molecular complexity index is 1020. The summed E-state index contributed by atoms with van der Waals surface area (Å²) < 4.78 is 11.5. The van der Waals surface area contributed by atoms with Crippen molar-refractivity contribution in [1.82, 2.24) is 9.55 Å². The predicted molar refractivity (Wildman–Crippen MR) is 98.9 cm³/mol. The van der Waals surface area contributed by atoms with Gasteiger partial charge in [-0.15, -0.1) is 0 Å². The molecule has 1 aromatic heterocycles. The van der Waals surface area contributed by atoms with Gasteiger partial charge in [0.05, 0.1) is 23.8 Å². The summed E-state index contributed by atoms with van der Waals surface area (Å²) in [6.45, 7) is 1.69. The number of hydrogen-bond donors (Lipinski definition) is 0. The zero-order valence-electron chi connectivity index (χ0n) is 14.8. The third-order valence-corrected chi connectivity index (χ3v) is 3.88. The second-order valence-corrected chi connectivity index (χ2v) is 5.74. The van der Waals surface area contributed by atoms with E-state index in [1.165, 1.54) is 6.33 Å². The van der Waals surface area contributed by atoms with Crippen LogP contribution in [0.5, 0.6) is 5.75 Å². The van der Waals surface area contributed by atoms with Gasteiger partial charge in [0.15, 0.2) is 12.4 Å². The molecule has 138 valence electrons. The topological polar surface area (TPSA) is 87.5 Å². The summed E-state index contributed by atoms with van der Waals surface area (Å²) in [5.74, 6) is -0.363. The van der Waals surface area contributed by atoms with Gasteiger partial charge in [0.2, 0.25) is 0 Å². The van der Waals surface area contributed by atoms with Gasteiger partial charge in [-0.2, -0.15) is 0 Å². The number of ether oxygens (including phenoxy) is 2. The Labute approximate surface area is 155 Å². The molecule has 0 aliphatic carbocycles. The van der Waals surface area contributed by atoms with Crippen LogP contribution in [-0.4, -0.2) is 34.5 Å². The molecule has 0 aliphatic heterocycles. The van der Waals surface area contributed by atoms with E-state index in [2.05, 4.69) is 4.98 Å². The Kier molecular flexibility index (Phi) is 5.61. The number of hydrogen-bond acceptors (Lipinski definition) is 6. The van der Waals surface area contributed by atoms with Crippen molar-refractivity contribution >= 4 is 22.7 Å². The number of nitrogens with zero attached hydrogens (tertiary/aromatic N) is 2. The normalized spacial score (nSPS) is 10.6. The number of aromatic nitrogens is 2. The van der Waals surface area contributed by atoms with Gasteiger partial charge in [-0.3, -0.25) is 19.0 Å². The first-order valence-electron chi connectivity index (χ1n) is 8.44. The number of benzene rings is 2. The Balaban J connectivity index is 1.60. The second-order valence-electron chi connectivity index (χ2n) is 5.74. The maximum Gasteiger partial charge on any atom is 0.326 e. The van der Waals surface area contributed by atoms with Gasteiger partial charge in [0, 0.05) is 5.56 Å². The third kappa shape index (κ3) is 4.38. The van der Waals surface area contributed by atoms with Gasteiger partial charge >= 0.3 is 5.97 Å². The molecule has 0 N–H and O–H groups in total. The lowest BCUT2D eigenvalue weighted by Gasteiger charge is -2.08. The van der Waals surface area contributed by atoms with Gasteiger partial charge < -0.3 is 9.47 Å². The fourth-order valence-corrected chi connectivity index (χ4v) is 2.54. The van der Waals surface area contributed by atoms with Crippen molar-refractivity contribution in [2.24, 2.45) is 0 Å². The van der Waals surface area contributed by atoms with Gasteiger partial charge in [-0.25, -0.2) is 4.98 Å². The zero-order chi connectivity index (χ0) is 19.2. The summed E-state index contributed by atoms with van der Waals surface area (Å²) in [4.78, 5) is 40.6. The number of ketones is 1. The lowest BCUT2D eigenvalue weighted by molar-refractivity contribution is -0.143. The summed E-state index contributed by atoms with van der Waals surface area (Å²) in [6, 6.07) is 13.4. The number of carbonyl (C=O) groups is 2. The molecule has 0 saturated carbocycles. The Morgan fingerprint density at radius 3 is 2.56 bits per heavy atom. The van der Waals surface area contributed by atoms with Crippen LogP contribution in [-0.2, 0) is 16.1 Å². The maximum atomic E-state index is 12.3. The Morgan fingerprint density at radius 1 is 1.07 bits per heavy atom. The van der Waals surface area contributed by atoms with Gasteiger partial charge in [-0.1, -0.05) is 12.1 Å². The van der Waals surface area contributed by atoms with Crippen LogP contribution in [0.1, 0.15) is 17.3 Å². The van der Waals surface area contributed by atoms with E-state index in [0.29, 0.717) is 28.8 Å². The first-order chi connectivity index (χ1) is 13.1. The van der Waals surface area contributed by atoms with Gasteiger partial charge in [-0.05, 0) is 43.3 Å². The summed E-state index contributed by atoms with van der Waals surface area (Å²) in [7, 11) is 0. The highest BCUT2D eigenvalue weighted by Crippen LogP contribution is 2.12. The van der Waals surface area contributed by atoms with Crippen LogP contribution in [0, 0.1) is 0 Å². The second kappa shape index (κ2) is 8.27. The zero-order valence-corrected chi connectivity index (χ0v) is 14.8. The van der Waals surface area contributed by atoms with Gasteiger partial charge in [0.25, 0.3) is 5.56 Å². The van der Waals surface area contributed by atoms with E-state index in [4.69, 9.17) is 9.47 Å². The van der Waals surface area contributed by atoms with Crippen LogP contribution < -0.4 is 10.3 Å². The highest BCUT2D eigenvalue weighted by Gasteiger charge is 2.12. The van der Waals surface area contributed by atoms with E-state index in [1.807, 2.05) is 6.92 Å². The molecule has 0 amide bonds. The van der Waals surface area contributed by atoms with E-state index in [-0.39, 0.29) is 17.9 Å².